The number of carbonyl (C=O) groups is 1. The summed E-state index contributed by atoms with van der Waals surface area (Å²) in [5.74, 6) is -1.04. The fourth-order valence-corrected chi connectivity index (χ4v) is 0.796. The Bertz CT molecular complexity index is 273. The lowest BCUT2D eigenvalue weighted by molar-refractivity contribution is 0.0689. The Balaban J connectivity index is 3.12. The number of pyridine rings is 1. The number of nitrogens with two attached hydrogens (primary N) is 1. The van der Waals surface area contributed by atoms with E-state index in [4.69, 9.17) is 10.8 Å². The number of nitrogens with zero attached hydrogens (tertiary/aromatic N) is 1. The molecule has 1 rings (SSSR count). The smallest absolute Gasteiger partial charge is 0.354 e. The molecule has 0 amide bonds. The molecule has 0 unspecified atom stereocenters. The maximum Gasteiger partial charge on any atom is 0.354 e. The van der Waals surface area contributed by atoms with Gasteiger partial charge < -0.3 is 10.8 Å². The van der Waals surface area contributed by atoms with Crippen LogP contribution in [0, 0.1) is 0 Å². The van der Waals surface area contributed by atoms with Crippen LogP contribution >= 0.6 is 0 Å². The zero-order chi connectivity index (χ0) is 8.27. The Morgan fingerprint density at radius 3 is 2.91 bits per heavy atom. The molecule has 0 saturated heterocycles. The van der Waals surface area contributed by atoms with E-state index in [2.05, 4.69) is 4.98 Å². The molecule has 4 nitrogen and oxygen atoms in total. The summed E-state index contributed by atoms with van der Waals surface area (Å²) in [5.41, 5.74) is 5.88. The number of aromatic carboxylic acids is 1. The van der Waals surface area contributed by atoms with Crippen LogP contribution in [-0.4, -0.2) is 16.1 Å². The van der Waals surface area contributed by atoms with Crippen molar-refractivity contribution in [3.8, 4) is 0 Å². The van der Waals surface area contributed by atoms with Gasteiger partial charge in [-0.05, 0) is 11.6 Å². The van der Waals surface area contributed by atoms with Crippen molar-refractivity contribution in [2.45, 2.75) is 6.54 Å². The van der Waals surface area contributed by atoms with Crippen LogP contribution in [0.1, 0.15) is 16.1 Å². The molecule has 0 fully saturated rings. The first-order chi connectivity index (χ1) is 5.25. The fourth-order valence-electron chi connectivity index (χ4n) is 0.796. The van der Waals surface area contributed by atoms with Crippen molar-refractivity contribution < 1.29 is 9.90 Å². The minimum atomic E-state index is -1.04. The minimum Gasteiger partial charge on any atom is -0.477 e. The molecule has 3 N–H and O–H groups in total. The molecule has 0 aliphatic rings. The molecule has 58 valence electrons. The van der Waals surface area contributed by atoms with Crippen LogP contribution in [0.25, 0.3) is 0 Å². The van der Waals surface area contributed by atoms with Crippen molar-refractivity contribution in [1.82, 2.24) is 4.98 Å². The number of hydrogen-bond acceptors (Lipinski definition) is 3. The van der Waals surface area contributed by atoms with E-state index in [-0.39, 0.29) is 12.2 Å². The highest BCUT2D eigenvalue weighted by atomic mass is 16.4. The van der Waals surface area contributed by atoms with Gasteiger partial charge in [-0.15, -0.1) is 0 Å². The van der Waals surface area contributed by atoms with Gasteiger partial charge in [-0.1, -0.05) is 6.07 Å². The zero-order valence-electron chi connectivity index (χ0n) is 5.82. The highest BCUT2D eigenvalue weighted by Gasteiger charge is 2.07. The summed E-state index contributed by atoms with van der Waals surface area (Å²) in [5, 5.41) is 8.58. The van der Waals surface area contributed by atoms with E-state index in [1.54, 1.807) is 12.1 Å². The molecule has 0 radical (unpaired) electrons. The van der Waals surface area contributed by atoms with Gasteiger partial charge in [0.05, 0.1) is 0 Å². The van der Waals surface area contributed by atoms with Crippen molar-refractivity contribution in [2.75, 3.05) is 0 Å². The normalized spacial score (nSPS) is 9.55. The second-order valence-corrected chi connectivity index (χ2v) is 2.02. The van der Waals surface area contributed by atoms with Crippen LogP contribution in [0.3, 0.4) is 0 Å². The van der Waals surface area contributed by atoms with E-state index in [9.17, 15) is 4.79 Å². The number of aromatic nitrogens is 1. The molecule has 0 saturated carbocycles. The second-order valence-electron chi connectivity index (χ2n) is 2.02. The maximum atomic E-state index is 10.5. The summed E-state index contributed by atoms with van der Waals surface area (Å²) in [6, 6.07) is 3.31. The average Bonchev–Trinajstić information content (AvgIpc) is 2.04. The Morgan fingerprint density at radius 2 is 2.45 bits per heavy atom. The second kappa shape index (κ2) is 3.12. The largest absolute Gasteiger partial charge is 0.477 e. The fraction of sp³-hybridized carbons (Fsp3) is 0.143. The average molecular weight is 152 g/mol. The third-order valence-electron chi connectivity index (χ3n) is 1.31. The highest BCUT2D eigenvalue weighted by molar-refractivity contribution is 5.86. The van der Waals surface area contributed by atoms with Gasteiger partial charge in [-0.3, -0.25) is 0 Å². The lowest BCUT2D eigenvalue weighted by Gasteiger charge is -1.99. The summed E-state index contributed by atoms with van der Waals surface area (Å²) in [4.78, 5) is 14.1. The molecule has 4 heteroatoms. The van der Waals surface area contributed by atoms with E-state index in [1.165, 1.54) is 6.20 Å². The van der Waals surface area contributed by atoms with E-state index in [1.807, 2.05) is 0 Å². The number of carboxylic acids is 1. The SMILES string of the molecule is NCc1cccnc1C(=O)O. The van der Waals surface area contributed by atoms with Crippen LogP contribution in [0.4, 0.5) is 0 Å². The van der Waals surface area contributed by atoms with E-state index < -0.39 is 5.97 Å². The standard InChI is InChI=1S/C7H8N2O2/c8-4-5-2-1-3-9-6(5)7(10)11/h1-3H,4,8H2,(H,10,11). The van der Waals surface area contributed by atoms with Crippen molar-refractivity contribution >= 4 is 5.97 Å². The first kappa shape index (κ1) is 7.68. The summed E-state index contributed by atoms with van der Waals surface area (Å²) >= 11 is 0. The van der Waals surface area contributed by atoms with Gasteiger partial charge in [-0.25, -0.2) is 9.78 Å². The zero-order valence-corrected chi connectivity index (χ0v) is 5.82. The van der Waals surface area contributed by atoms with E-state index in [0.717, 1.165) is 0 Å². The first-order valence-electron chi connectivity index (χ1n) is 3.13. The van der Waals surface area contributed by atoms with Gasteiger partial charge in [0.2, 0.25) is 0 Å². The predicted molar refractivity (Wildman–Crippen MR) is 39.1 cm³/mol. The Labute approximate surface area is 63.7 Å². The lowest BCUT2D eigenvalue weighted by Crippen LogP contribution is -2.08. The third-order valence-corrected chi connectivity index (χ3v) is 1.31. The molecule has 11 heavy (non-hydrogen) atoms. The number of rotatable bonds is 2. The Kier molecular flexibility index (Phi) is 2.18. The topological polar surface area (TPSA) is 76.2 Å². The molecular weight excluding hydrogens is 144 g/mol. The first-order valence-corrected chi connectivity index (χ1v) is 3.13. The van der Waals surface area contributed by atoms with E-state index >= 15 is 0 Å². The van der Waals surface area contributed by atoms with Gasteiger partial charge in [0.1, 0.15) is 0 Å². The van der Waals surface area contributed by atoms with Crippen LogP contribution in [-0.2, 0) is 6.54 Å². The number of hydrogen-bond donors (Lipinski definition) is 2. The molecule has 0 aliphatic carbocycles. The molecule has 0 bridgehead atoms. The molecule has 1 aromatic rings. The highest BCUT2D eigenvalue weighted by Crippen LogP contribution is 2.02. The molecular formula is C7H8N2O2. The molecule has 1 aromatic heterocycles. The Morgan fingerprint density at radius 1 is 1.73 bits per heavy atom. The van der Waals surface area contributed by atoms with E-state index in [0.29, 0.717) is 5.56 Å². The third kappa shape index (κ3) is 1.53. The summed E-state index contributed by atoms with van der Waals surface area (Å²) in [7, 11) is 0. The van der Waals surface area contributed by atoms with Gasteiger partial charge >= 0.3 is 5.97 Å². The molecule has 0 spiro atoms. The van der Waals surface area contributed by atoms with Crippen molar-refractivity contribution in [1.29, 1.82) is 0 Å². The monoisotopic (exact) mass is 152 g/mol. The van der Waals surface area contributed by atoms with Crippen LogP contribution in [0.5, 0.6) is 0 Å². The van der Waals surface area contributed by atoms with Gasteiger partial charge in [0, 0.05) is 12.7 Å². The van der Waals surface area contributed by atoms with Crippen molar-refractivity contribution in [3.63, 3.8) is 0 Å². The summed E-state index contributed by atoms with van der Waals surface area (Å²) in [6.07, 6.45) is 1.43. The molecule has 0 aromatic carbocycles. The van der Waals surface area contributed by atoms with Crippen molar-refractivity contribution in [2.24, 2.45) is 5.73 Å². The van der Waals surface area contributed by atoms with Gasteiger partial charge in [0.25, 0.3) is 0 Å². The maximum absolute atomic E-state index is 10.5. The Hall–Kier alpha value is -1.42. The molecule has 0 atom stereocenters. The predicted octanol–water partition coefficient (Wildman–Crippen LogP) is 0.238. The van der Waals surface area contributed by atoms with Crippen molar-refractivity contribution in [3.05, 3.63) is 29.6 Å². The minimum absolute atomic E-state index is 0.0370. The van der Waals surface area contributed by atoms with Crippen LogP contribution in [0.15, 0.2) is 18.3 Å². The van der Waals surface area contributed by atoms with Gasteiger partial charge in [-0.2, -0.15) is 0 Å². The van der Waals surface area contributed by atoms with Gasteiger partial charge in [0.15, 0.2) is 5.69 Å². The summed E-state index contributed by atoms with van der Waals surface area (Å²) in [6.45, 7) is 0.204. The molecule has 1 heterocycles. The van der Waals surface area contributed by atoms with Crippen LogP contribution in [0.2, 0.25) is 0 Å². The lowest BCUT2D eigenvalue weighted by atomic mass is 10.2. The molecule has 0 aliphatic heterocycles. The summed E-state index contributed by atoms with van der Waals surface area (Å²) < 4.78 is 0. The number of carboxylic acid groups (broad SMARTS) is 1. The quantitative estimate of drug-likeness (QED) is 0.636. The van der Waals surface area contributed by atoms with Crippen LogP contribution < -0.4 is 5.73 Å².